The van der Waals surface area contributed by atoms with Crippen molar-refractivity contribution in [3.05, 3.63) is 16.6 Å². The summed E-state index contributed by atoms with van der Waals surface area (Å²) >= 11 is 1.77. The number of nitrogens with zero attached hydrogens (tertiary/aromatic N) is 1. The van der Waals surface area contributed by atoms with E-state index in [2.05, 4.69) is 43.4 Å². The molecular formula is C15H28N2S. The lowest BCUT2D eigenvalue weighted by Gasteiger charge is -2.31. The predicted molar refractivity (Wildman–Crippen MR) is 81.1 cm³/mol. The first-order valence-electron chi connectivity index (χ1n) is 7.26. The average molecular weight is 268 g/mol. The Morgan fingerprint density at radius 1 is 1.28 bits per heavy atom. The summed E-state index contributed by atoms with van der Waals surface area (Å²) in [4.78, 5) is 4.51. The van der Waals surface area contributed by atoms with Gasteiger partial charge in [-0.2, -0.15) is 0 Å². The molecule has 1 aromatic rings. The third-order valence-electron chi connectivity index (χ3n) is 3.29. The molecule has 0 radical (unpaired) electrons. The third-order valence-corrected chi connectivity index (χ3v) is 4.33. The van der Waals surface area contributed by atoms with E-state index in [-0.39, 0.29) is 5.54 Å². The van der Waals surface area contributed by atoms with E-state index in [1.807, 2.05) is 6.20 Å². The van der Waals surface area contributed by atoms with Crippen molar-refractivity contribution in [2.45, 2.75) is 77.8 Å². The Morgan fingerprint density at radius 2 is 2.00 bits per heavy atom. The lowest BCUT2D eigenvalue weighted by Crippen LogP contribution is -2.43. The molecular weight excluding hydrogens is 240 g/mol. The summed E-state index contributed by atoms with van der Waals surface area (Å²) in [6.45, 7) is 8.98. The van der Waals surface area contributed by atoms with Crippen LogP contribution in [0, 0.1) is 0 Å². The zero-order valence-corrected chi connectivity index (χ0v) is 13.1. The summed E-state index contributed by atoms with van der Waals surface area (Å²) in [7, 11) is 0. The Labute approximate surface area is 116 Å². The van der Waals surface area contributed by atoms with Crippen LogP contribution in [-0.4, -0.2) is 11.0 Å². The van der Waals surface area contributed by atoms with Gasteiger partial charge in [0, 0.05) is 17.6 Å². The molecule has 1 rings (SSSR count). The maximum Gasteiger partial charge on any atom is 0.112 e. The van der Waals surface area contributed by atoms with Crippen LogP contribution in [0.4, 0.5) is 0 Å². The van der Waals surface area contributed by atoms with Crippen molar-refractivity contribution in [2.75, 3.05) is 0 Å². The largest absolute Gasteiger partial charge is 0.303 e. The molecule has 0 bridgehead atoms. The molecule has 2 nitrogen and oxygen atoms in total. The molecule has 0 spiro atoms. The SMILES string of the molecule is CCCCCCCC(C)(NC(C)C)c1nccs1. The molecule has 18 heavy (non-hydrogen) atoms. The smallest absolute Gasteiger partial charge is 0.112 e. The highest BCUT2D eigenvalue weighted by Crippen LogP contribution is 2.29. The predicted octanol–water partition coefficient (Wildman–Crippen LogP) is 4.72. The maximum atomic E-state index is 4.51. The van der Waals surface area contributed by atoms with Crippen LogP contribution in [-0.2, 0) is 5.54 Å². The molecule has 0 saturated carbocycles. The molecule has 1 atom stereocenters. The number of hydrogen-bond donors (Lipinski definition) is 1. The molecule has 0 aliphatic carbocycles. The number of aromatic nitrogens is 1. The van der Waals surface area contributed by atoms with Crippen molar-refractivity contribution >= 4 is 11.3 Å². The van der Waals surface area contributed by atoms with Crippen molar-refractivity contribution < 1.29 is 0 Å². The highest BCUT2D eigenvalue weighted by Gasteiger charge is 2.28. The minimum Gasteiger partial charge on any atom is -0.303 e. The van der Waals surface area contributed by atoms with Gasteiger partial charge in [-0.25, -0.2) is 4.98 Å². The van der Waals surface area contributed by atoms with Gasteiger partial charge in [-0.05, 0) is 27.2 Å². The van der Waals surface area contributed by atoms with Crippen molar-refractivity contribution in [3.63, 3.8) is 0 Å². The minimum atomic E-state index is 0.0501. The second-order valence-corrected chi connectivity index (χ2v) is 6.53. The van der Waals surface area contributed by atoms with Gasteiger partial charge in [0.05, 0.1) is 5.54 Å². The van der Waals surface area contributed by atoms with Gasteiger partial charge in [0.15, 0.2) is 0 Å². The van der Waals surface area contributed by atoms with Crippen LogP contribution in [0.25, 0.3) is 0 Å². The molecule has 0 aliphatic heterocycles. The molecule has 0 aromatic carbocycles. The highest BCUT2D eigenvalue weighted by molar-refractivity contribution is 7.09. The molecule has 1 N–H and O–H groups in total. The highest BCUT2D eigenvalue weighted by atomic mass is 32.1. The van der Waals surface area contributed by atoms with Crippen molar-refractivity contribution in [1.82, 2.24) is 10.3 Å². The quantitative estimate of drug-likeness (QED) is 0.656. The van der Waals surface area contributed by atoms with E-state index in [1.54, 1.807) is 11.3 Å². The van der Waals surface area contributed by atoms with Crippen molar-refractivity contribution in [3.8, 4) is 0 Å². The topological polar surface area (TPSA) is 24.9 Å². The Hall–Kier alpha value is -0.410. The molecule has 0 aliphatic rings. The lowest BCUT2D eigenvalue weighted by molar-refractivity contribution is 0.299. The van der Waals surface area contributed by atoms with Crippen LogP contribution >= 0.6 is 11.3 Å². The average Bonchev–Trinajstić information content (AvgIpc) is 2.81. The zero-order valence-electron chi connectivity index (χ0n) is 12.3. The van der Waals surface area contributed by atoms with Crippen LogP contribution in [0.2, 0.25) is 0 Å². The van der Waals surface area contributed by atoms with E-state index in [0.717, 1.165) is 0 Å². The lowest BCUT2D eigenvalue weighted by atomic mass is 9.93. The monoisotopic (exact) mass is 268 g/mol. The van der Waals surface area contributed by atoms with Crippen LogP contribution in [0.3, 0.4) is 0 Å². The van der Waals surface area contributed by atoms with Crippen LogP contribution in [0.5, 0.6) is 0 Å². The molecule has 0 fully saturated rings. The van der Waals surface area contributed by atoms with Gasteiger partial charge in [-0.15, -0.1) is 11.3 Å². The Kier molecular flexibility index (Phi) is 6.87. The van der Waals surface area contributed by atoms with Gasteiger partial charge in [0.1, 0.15) is 5.01 Å². The summed E-state index contributed by atoms with van der Waals surface area (Å²) in [6.07, 6.45) is 9.77. The Morgan fingerprint density at radius 3 is 2.56 bits per heavy atom. The summed E-state index contributed by atoms with van der Waals surface area (Å²) in [6, 6.07) is 0.495. The first-order valence-corrected chi connectivity index (χ1v) is 8.14. The van der Waals surface area contributed by atoms with E-state index >= 15 is 0 Å². The Bertz CT molecular complexity index is 308. The fourth-order valence-electron chi connectivity index (χ4n) is 2.46. The van der Waals surface area contributed by atoms with Gasteiger partial charge >= 0.3 is 0 Å². The number of thiazole rings is 1. The van der Waals surface area contributed by atoms with E-state index < -0.39 is 0 Å². The first-order chi connectivity index (χ1) is 8.58. The zero-order chi connectivity index (χ0) is 13.4. The van der Waals surface area contributed by atoms with E-state index in [9.17, 15) is 0 Å². The number of nitrogens with one attached hydrogen (secondary N) is 1. The molecule has 1 unspecified atom stereocenters. The summed E-state index contributed by atoms with van der Waals surface area (Å²) < 4.78 is 0. The van der Waals surface area contributed by atoms with Crippen molar-refractivity contribution in [1.29, 1.82) is 0 Å². The number of unbranched alkanes of at least 4 members (excludes halogenated alkanes) is 4. The van der Waals surface area contributed by atoms with E-state index in [1.165, 1.54) is 43.5 Å². The maximum absolute atomic E-state index is 4.51. The molecule has 3 heteroatoms. The molecule has 104 valence electrons. The van der Waals surface area contributed by atoms with E-state index in [4.69, 9.17) is 0 Å². The van der Waals surface area contributed by atoms with E-state index in [0.29, 0.717) is 6.04 Å². The van der Waals surface area contributed by atoms with Crippen LogP contribution in [0.15, 0.2) is 11.6 Å². The fraction of sp³-hybridized carbons (Fsp3) is 0.800. The standard InChI is InChI=1S/C15H28N2S/c1-5-6-7-8-9-10-15(4,17-13(2)3)14-16-11-12-18-14/h11-13,17H,5-10H2,1-4H3. The minimum absolute atomic E-state index is 0.0501. The molecule has 0 amide bonds. The Balaban J connectivity index is 2.51. The summed E-state index contributed by atoms with van der Waals surface area (Å²) in [5, 5.41) is 7.00. The molecule has 1 heterocycles. The first kappa shape index (κ1) is 15.6. The van der Waals surface area contributed by atoms with Gasteiger partial charge < -0.3 is 5.32 Å². The molecule has 1 aromatic heterocycles. The van der Waals surface area contributed by atoms with Crippen LogP contribution < -0.4 is 5.32 Å². The van der Waals surface area contributed by atoms with Gasteiger partial charge in [0.2, 0.25) is 0 Å². The third kappa shape index (κ3) is 5.07. The molecule has 0 saturated heterocycles. The van der Waals surface area contributed by atoms with Gasteiger partial charge in [0.25, 0.3) is 0 Å². The number of hydrogen-bond acceptors (Lipinski definition) is 3. The normalized spacial score (nSPS) is 14.9. The van der Waals surface area contributed by atoms with Crippen molar-refractivity contribution in [2.24, 2.45) is 0 Å². The van der Waals surface area contributed by atoms with Gasteiger partial charge in [-0.1, -0.05) is 39.0 Å². The van der Waals surface area contributed by atoms with Crippen LogP contribution in [0.1, 0.15) is 71.2 Å². The second-order valence-electron chi connectivity index (χ2n) is 5.63. The van der Waals surface area contributed by atoms with Gasteiger partial charge in [-0.3, -0.25) is 0 Å². The summed E-state index contributed by atoms with van der Waals surface area (Å²) in [5.74, 6) is 0. The fourth-order valence-corrected chi connectivity index (χ4v) is 3.25. The second kappa shape index (κ2) is 7.90. The summed E-state index contributed by atoms with van der Waals surface area (Å²) in [5.41, 5.74) is 0.0501. The number of rotatable bonds is 9.